The predicted octanol–water partition coefficient (Wildman–Crippen LogP) is 2.76. The van der Waals surface area contributed by atoms with Crippen LogP contribution >= 0.6 is 0 Å². The van der Waals surface area contributed by atoms with Crippen molar-refractivity contribution in [3.8, 4) is 0 Å². The molecule has 5 unspecified atom stereocenters. The Balaban J connectivity index is 2.72. The van der Waals surface area contributed by atoms with Crippen LogP contribution in [0.2, 0.25) is 0 Å². The van der Waals surface area contributed by atoms with Crippen molar-refractivity contribution in [3.05, 3.63) is 0 Å². The minimum atomic E-state index is 0.483. The van der Waals surface area contributed by atoms with Crippen molar-refractivity contribution in [1.29, 1.82) is 0 Å². The van der Waals surface area contributed by atoms with Gasteiger partial charge in [0.2, 0.25) is 0 Å². The summed E-state index contributed by atoms with van der Waals surface area (Å²) in [5.41, 5.74) is 0. The average Bonchev–Trinajstić information content (AvgIpc) is 2.35. The van der Waals surface area contributed by atoms with Gasteiger partial charge in [-0.25, -0.2) is 0 Å². The van der Waals surface area contributed by atoms with Crippen molar-refractivity contribution in [2.75, 3.05) is 27.3 Å². The molecule has 0 radical (unpaired) electrons. The molecule has 3 heteroatoms. The molecule has 1 rings (SSSR count). The molecule has 1 aliphatic carbocycles. The summed E-state index contributed by atoms with van der Waals surface area (Å²) in [6.45, 7) is 11.3. The summed E-state index contributed by atoms with van der Waals surface area (Å²) >= 11 is 0. The van der Waals surface area contributed by atoms with Gasteiger partial charge in [-0.3, -0.25) is 4.90 Å². The lowest BCUT2D eigenvalue weighted by Gasteiger charge is -2.46. The van der Waals surface area contributed by atoms with Crippen molar-refractivity contribution in [2.45, 2.75) is 65.1 Å². The van der Waals surface area contributed by atoms with E-state index in [0.29, 0.717) is 18.1 Å². The summed E-state index contributed by atoms with van der Waals surface area (Å²) in [7, 11) is 4.06. The fourth-order valence-corrected chi connectivity index (χ4v) is 3.71. The largest absolute Gasteiger partial charge is 0.383 e. The quantitative estimate of drug-likeness (QED) is 0.770. The maximum absolute atomic E-state index is 5.33. The lowest BCUT2D eigenvalue weighted by Crippen LogP contribution is -2.58. The normalized spacial score (nSPS) is 33.6. The summed E-state index contributed by atoms with van der Waals surface area (Å²) in [6, 6.07) is 1.74. The van der Waals surface area contributed by atoms with E-state index in [2.05, 4.69) is 45.0 Å². The molecule has 1 aliphatic rings. The second kappa shape index (κ2) is 8.23. The van der Waals surface area contributed by atoms with Gasteiger partial charge in [-0.05, 0) is 51.6 Å². The van der Waals surface area contributed by atoms with E-state index >= 15 is 0 Å². The summed E-state index contributed by atoms with van der Waals surface area (Å²) in [5.74, 6) is 1.59. The van der Waals surface area contributed by atoms with Gasteiger partial charge < -0.3 is 10.1 Å². The molecule has 0 aliphatic heterocycles. The molecule has 5 atom stereocenters. The summed E-state index contributed by atoms with van der Waals surface area (Å²) in [4.78, 5) is 2.54. The third kappa shape index (κ3) is 4.73. The second-order valence-corrected chi connectivity index (χ2v) is 6.57. The van der Waals surface area contributed by atoms with Gasteiger partial charge in [0.25, 0.3) is 0 Å². The van der Waals surface area contributed by atoms with Crippen LogP contribution < -0.4 is 5.32 Å². The van der Waals surface area contributed by atoms with E-state index in [4.69, 9.17) is 4.74 Å². The van der Waals surface area contributed by atoms with E-state index in [-0.39, 0.29) is 0 Å². The molecule has 19 heavy (non-hydrogen) atoms. The highest BCUT2D eigenvalue weighted by Crippen LogP contribution is 2.32. The van der Waals surface area contributed by atoms with Crippen molar-refractivity contribution < 1.29 is 4.74 Å². The lowest BCUT2D eigenvalue weighted by molar-refractivity contribution is 0.0259. The van der Waals surface area contributed by atoms with Crippen LogP contribution in [0, 0.1) is 11.8 Å². The monoisotopic (exact) mass is 270 g/mol. The van der Waals surface area contributed by atoms with E-state index in [1.54, 1.807) is 7.11 Å². The van der Waals surface area contributed by atoms with E-state index in [1.165, 1.54) is 19.3 Å². The zero-order valence-corrected chi connectivity index (χ0v) is 13.8. The standard InChI is InChI=1S/C16H34N2O/c1-7-8-17-15-10-12(2)9-13(3)16(15)18(5)14(4)11-19-6/h12-17H,7-11H2,1-6H3. The highest BCUT2D eigenvalue weighted by atomic mass is 16.5. The zero-order valence-electron chi connectivity index (χ0n) is 13.8. The van der Waals surface area contributed by atoms with Crippen LogP contribution in [0.5, 0.6) is 0 Å². The zero-order chi connectivity index (χ0) is 14.4. The molecular weight excluding hydrogens is 236 g/mol. The molecule has 114 valence electrons. The Hall–Kier alpha value is -0.120. The maximum Gasteiger partial charge on any atom is 0.0615 e. The van der Waals surface area contributed by atoms with Crippen LogP contribution in [0.1, 0.15) is 47.0 Å². The van der Waals surface area contributed by atoms with Crippen molar-refractivity contribution in [3.63, 3.8) is 0 Å². The summed E-state index contributed by atoms with van der Waals surface area (Å²) in [6.07, 6.45) is 3.86. The van der Waals surface area contributed by atoms with E-state index in [0.717, 1.165) is 25.0 Å². The van der Waals surface area contributed by atoms with Gasteiger partial charge in [0.15, 0.2) is 0 Å². The third-order valence-corrected chi connectivity index (χ3v) is 4.66. The van der Waals surface area contributed by atoms with Gasteiger partial charge >= 0.3 is 0 Å². The smallest absolute Gasteiger partial charge is 0.0615 e. The van der Waals surface area contributed by atoms with E-state index < -0.39 is 0 Å². The van der Waals surface area contributed by atoms with Crippen molar-refractivity contribution >= 4 is 0 Å². The molecule has 0 heterocycles. The third-order valence-electron chi connectivity index (χ3n) is 4.66. The highest BCUT2D eigenvalue weighted by Gasteiger charge is 2.37. The van der Waals surface area contributed by atoms with Crippen molar-refractivity contribution in [1.82, 2.24) is 10.2 Å². The summed E-state index contributed by atoms with van der Waals surface area (Å²) in [5, 5.41) is 3.78. The number of hydrogen-bond acceptors (Lipinski definition) is 3. The van der Waals surface area contributed by atoms with Crippen LogP contribution in [0.3, 0.4) is 0 Å². The molecule has 0 saturated heterocycles. The van der Waals surface area contributed by atoms with Crippen LogP contribution in [-0.4, -0.2) is 50.3 Å². The minimum absolute atomic E-state index is 0.483. The fourth-order valence-electron chi connectivity index (χ4n) is 3.71. The number of nitrogens with one attached hydrogen (secondary N) is 1. The summed E-state index contributed by atoms with van der Waals surface area (Å²) < 4.78 is 5.33. The Labute approximate surface area is 120 Å². The van der Waals surface area contributed by atoms with E-state index in [1.807, 2.05) is 0 Å². The van der Waals surface area contributed by atoms with Crippen LogP contribution in [0.4, 0.5) is 0 Å². The Morgan fingerprint density at radius 3 is 2.58 bits per heavy atom. The molecule has 0 aromatic rings. The molecule has 1 saturated carbocycles. The van der Waals surface area contributed by atoms with Gasteiger partial charge in [-0.1, -0.05) is 20.8 Å². The van der Waals surface area contributed by atoms with Gasteiger partial charge in [0.1, 0.15) is 0 Å². The second-order valence-electron chi connectivity index (χ2n) is 6.57. The first-order chi connectivity index (χ1) is 9.01. The fraction of sp³-hybridized carbons (Fsp3) is 1.00. The van der Waals surface area contributed by atoms with E-state index in [9.17, 15) is 0 Å². The van der Waals surface area contributed by atoms with Gasteiger partial charge in [-0.2, -0.15) is 0 Å². The number of methoxy groups -OCH3 is 1. The number of likely N-dealkylation sites (N-methyl/N-ethyl adjacent to an activating group) is 1. The van der Waals surface area contributed by atoms with Gasteiger partial charge in [0, 0.05) is 25.2 Å². The molecule has 1 N–H and O–H groups in total. The van der Waals surface area contributed by atoms with Crippen molar-refractivity contribution in [2.24, 2.45) is 11.8 Å². The minimum Gasteiger partial charge on any atom is -0.383 e. The first kappa shape index (κ1) is 16.9. The molecule has 0 spiro atoms. The molecule has 0 amide bonds. The molecular formula is C16H34N2O. The molecule has 0 aromatic heterocycles. The number of rotatable bonds is 7. The Morgan fingerprint density at radius 1 is 1.32 bits per heavy atom. The van der Waals surface area contributed by atoms with Crippen LogP contribution in [0.15, 0.2) is 0 Å². The Kier molecular flexibility index (Phi) is 7.33. The average molecular weight is 270 g/mol. The lowest BCUT2D eigenvalue weighted by atomic mass is 9.75. The highest BCUT2D eigenvalue weighted by molar-refractivity contribution is 4.94. The SMILES string of the molecule is CCCNC1CC(C)CC(C)C1N(C)C(C)COC. The molecule has 0 aromatic carbocycles. The molecule has 3 nitrogen and oxygen atoms in total. The van der Waals surface area contributed by atoms with Crippen LogP contribution in [-0.2, 0) is 4.74 Å². The first-order valence-corrected chi connectivity index (χ1v) is 7.95. The number of hydrogen-bond donors (Lipinski definition) is 1. The first-order valence-electron chi connectivity index (χ1n) is 7.95. The number of ether oxygens (including phenoxy) is 1. The Morgan fingerprint density at radius 2 is 2.00 bits per heavy atom. The Bertz CT molecular complexity index is 247. The predicted molar refractivity (Wildman–Crippen MR) is 82.5 cm³/mol. The molecule has 0 bridgehead atoms. The van der Waals surface area contributed by atoms with Gasteiger partial charge in [0.05, 0.1) is 6.61 Å². The maximum atomic E-state index is 5.33. The number of nitrogens with zero attached hydrogens (tertiary/aromatic N) is 1. The van der Waals surface area contributed by atoms with Gasteiger partial charge in [-0.15, -0.1) is 0 Å². The molecule has 1 fully saturated rings. The topological polar surface area (TPSA) is 24.5 Å². The van der Waals surface area contributed by atoms with Crippen LogP contribution in [0.25, 0.3) is 0 Å².